The Morgan fingerprint density at radius 3 is 2.96 bits per heavy atom. The maximum atomic E-state index is 12.2. The Balaban J connectivity index is 1.72. The van der Waals surface area contributed by atoms with Crippen LogP contribution in [0.15, 0.2) is 40.1 Å². The number of benzene rings is 1. The van der Waals surface area contributed by atoms with Crippen molar-refractivity contribution in [1.29, 1.82) is 0 Å². The molecule has 3 aromatic rings. The number of rotatable bonds is 5. The zero-order valence-electron chi connectivity index (χ0n) is 12.8. The topological polar surface area (TPSA) is 71.7 Å². The predicted octanol–water partition coefficient (Wildman–Crippen LogP) is 3.27. The van der Waals surface area contributed by atoms with Crippen LogP contribution in [0.5, 0.6) is 5.75 Å². The minimum absolute atomic E-state index is 0.133. The molecule has 0 aliphatic rings. The van der Waals surface area contributed by atoms with Gasteiger partial charge in [-0.15, -0.1) is 11.3 Å². The molecular weight excluding hydrogens is 314 g/mol. The van der Waals surface area contributed by atoms with Crippen molar-refractivity contribution in [3.05, 3.63) is 51.9 Å². The number of thiophene rings is 1. The summed E-state index contributed by atoms with van der Waals surface area (Å²) in [7, 11) is 1.55. The smallest absolute Gasteiger partial charge is 0.287 e. The second-order valence-electron chi connectivity index (χ2n) is 5.18. The molecule has 0 spiro atoms. The Morgan fingerprint density at radius 2 is 2.26 bits per heavy atom. The van der Waals surface area contributed by atoms with Gasteiger partial charge >= 0.3 is 0 Å². The van der Waals surface area contributed by atoms with Gasteiger partial charge in [-0.25, -0.2) is 0 Å². The van der Waals surface area contributed by atoms with Gasteiger partial charge in [0.1, 0.15) is 6.10 Å². The van der Waals surface area contributed by atoms with E-state index in [2.05, 4.69) is 5.32 Å². The van der Waals surface area contributed by atoms with Crippen molar-refractivity contribution in [1.82, 2.24) is 5.32 Å². The molecule has 0 fully saturated rings. The standard InChI is InChI=1S/C17H17NO4S/c1-10-6-7-23-16(10)12(19)9-18-17(20)14-8-11-4-3-5-13(21-2)15(11)22-14/h3-8,12,19H,9H2,1-2H3,(H,18,20)/t12-/m1/s1. The number of carbonyl (C=O) groups is 1. The van der Waals surface area contributed by atoms with E-state index in [0.717, 1.165) is 15.8 Å². The third-order valence-electron chi connectivity index (χ3n) is 3.61. The monoisotopic (exact) mass is 331 g/mol. The average molecular weight is 331 g/mol. The van der Waals surface area contributed by atoms with Crippen molar-refractivity contribution < 1.29 is 19.1 Å². The zero-order chi connectivity index (χ0) is 16.4. The fourth-order valence-electron chi connectivity index (χ4n) is 2.40. The predicted molar refractivity (Wildman–Crippen MR) is 89.1 cm³/mol. The van der Waals surface area contributed by atoms with Crippen LogP contribution in [0.3, 0.4) is 0 Å². The number of carbonyl (C=O) groups excluding carboxylic acids is 1. The third-order valence-corrected chi connectivity index (χ3v) is 4.73. The van der Waals surface area contributed by atoms with Crippen LogP contribution in [0.25, 0.3) is 11.0 Å². The molecule has 120 valence electrons. The van der Waals surface area contributed by atoms with E-state index in [4.69, 9.17) is 9.15 Å². The molecule has 0 aliphatic heterocycles. The van der Waals surface area contributed by atoms with Crippen molar-refractivity contribution >= 4 is 28.2 Å². The van der Waals surface area contributed by atoms with E-state index in [9.17, 15) is 9.90 Å². The first-order chi connectivity index (χ1) is 11.1. The molecule has 1 amide bonds. The number of nitrogens with one attached hydrogen (secondary N) is 1. The van der Waals surface area contributed by atoms with Gasteiger partial charge in [-0.1, -0.05) is 12.1 Å². The van der Waals surface area contributed by atoms with Gasteiger partial charge in [-0.05, 0) is 36.1 Å². The molecule has 0 aliphatic carbocycles. The largest absolute Gasteiger partial charge is 0.493 e. The highest BCUT2D eigenvalue weighted by Gasteiger charge is 2.17. The molecule has 2 heterocycles. The quantitative estimate of drug-likeness (QED) is 0.753. The highest BCUT2D eigenvalue weighted by atomic mass is 32.1. The lowest BCUT2D eigenvalue weighted by molar-refractivity contribution is 0.0892. The highest BCUT2D eigenvalue weighted by Crippen LogP contribution is 2.28. The van der Waals surface area contributed by atoms with Crippen LogP contribution in [0.4, 0.5) is 0 Å². The summed E-state index contributed by atoms with van der Waals surface area (Å²) in [5, 5.41) is 15.6. The molecule has 23 heavy (non-hydrogen) atoms. The molecule has 1 atom stereocenters. The maximum Gasteiger partial charge on any atom is 0.287 e. The first-order valence-electron chi connectivity index (χ1n) is 7.17. The van der Waals surface area contributed by atoms with Crippen molar-refractivity contribution in [2.24, 2.45) is 0 Å². The minimum Gasteiger partial charge on any atom is -0.493 e. The molecule has 5 nitrogen and oxygen atoms in total. The number of methoxy groups -OCH3 is 1. The van der Waals surface area contributed by atoms with Crippen LogP contribution in [-0.4, -0.2) is 24.7 Å². The van der Waals surface area contributed by atoms with E-state index in [1.165, 1.54) is 11.3 Å². The summed E-state index contributed by atoms with van der Waals surface area (Å²) >= 11 is 1.47. The van der Waals surface area contributed by atoms with Gasteiger partial charge in [-0.2, -0.15) is 0 Å². The number of fused-ring (bicyclic) bond motifs is 1. The number of ether oxygens (including phenoxy) is 1. The molecule has 2 aromatic heterocycles. The SMILES string of the molecule is COc1cccc2cc(C(=O)NC[C@@H](O)c3sccc3C)oc12. The molecular formula is C17H17NO4S. The van der Waals surface area contributed by atoms with E-state index in [0.29, 0.717) is 11.3 Å². The highest BCUT2D eigenvalue weighted by molar-refractivity contribution is 7.10. The van der Waals surface area contributed by atoms with Crippen molar-refractivity contribution in [3.8, 4) is 5.75 Å². The fraction of sp³-hybridized carbons (Fsp3) is 0.235. The maximum absolute atomic E-state index is 12.2. The third kappa shape index (κ3) is 3.09. The molecule has 0 radical (unpaired) electrons. The van der Waals surface area contributed by atoms with E-state index >= 15 is 0 Å². The molecule has 1 aromatic carbocycles. The first kappa shape index (κ1) is 15.6. The van der Waals surface area contributed by atoms with Gasteiger partial charge in [0.05, 0.1) is 7.11 Å². The van der Waals surface area contributed by atoms with Crippen LogP contribution >= 0.6 is 11.3 Å². The summed E-state index contributed by atoms with van der Waals surface area (Å²) in [6.45, 7) is 2.07. The van der Waals surface area contributed by atoms with E-state index < -0.39 is 6.10 Å². The van der Waals surface area contributed by atoms with E-state index in [1.807, 2.05) is 30.5 Å². The second-order valence-corrected chi connectivity index (χ2v) is 6.13. The van der Waals surface area contributed by atoms with Gasteiger partial charge in [-0.3, -0.25) is 4.79 Å². The summed E-state index contributed by atoms with van der Waals surface area (Å²) in [5.74, 6) is 0.409. The molecule has 2 N–H and O–H groups in total. The molecule has 6 heteroatoms. The van der Waals surface area contributed by atoms with E-state index in [1.54, 1.807) is 19.2 Å². The summed E-state index contributed by atoms with van der Waals surface area (Å²) < 4.78 is 10.8. The van der Waals surface area contributed by atoms with Gasteiger partial charge in [0.25, 0.3) is 5.91 Å². The van der Waals surface area contributed by atoms with Crippen LogP contribution in [0.2, 0.25) is 0 Å². The van der Waals surface area contributed by atoms with Crippen molar-refractivity contribution in [2.75, 3.05) is 13.7 Å². The van der Waals surface area contributed by atoms with Gasteiger partial charge in [0.15, 0.2) is 17.1 Å². The summed E-state index contributed by atoms with van der Waals surface area (Å²) in [4.78, 5) is 13.1. The number of amides is 1. The van der Waals surface area contributed by atoms with Crippen molar-refractivity contribution in [2.45, 2.75) is 13.0 Å². The van der Waals surface area contributed by atoms with E-state index in [-0.39, 0.29) is 18.2 Å². The lowest BCUT2D eigenvalue weighted by Gasteiger charge is -2.10. The first-order valence-corrected chi connectivity index (χ1v) is 8.05. The number of aryl methyl sites for hydroxylation is 1. The molecule has 0 unspecified atom stereocenters. The zero-order valence-corrected chi connectivity index (χ0v) is 13.6. The van der Waals surface area contributed by atoms with Gasteiger partial charge < -0.3 is 19.6 Å². The fourth-order valence-corrected chi connectivity index (χ4v) is 3.32. The number of hydrogen-bond donors (Lipinski definition) is 2. The van der Waals surface area contributed by atoms with Crippen LogP contribution in [0.1, 0.15) is 27.1 Å². The Hall–Kier alpha value is -2.31. The number of aliphatic hydroxyl groups is 1. The normalized spacial score (nSPS) is 12.3. The molecule has 3 rings (SSSR count). The number of hydrogen-bond acceptors (Lipinski definition) is 5. The van der Waals surface area contributed by atoms with Crippen LogP contribution in [0, 0.1) is 6.92 Å². The summed E-state index contributed by atoms with van der Waals surface area (Å²) in [6.07, 6.45) is -0.724. The summed E-state index contributed by atoms with van der Waals surface area (Å²) in [6, 6.07) is 9.06. The number of aliphatic hydroxyl groups excluding tert-OH is 1. The summed E-state index contributed by atoms with van der Waals surface area (Å²) in [5.41, 5.74) is 1.56. The Morgan fingerprint density at radius 1 is 1.43 bits per heavy atom. The minimum atomic E-state index is -0.724. The average Bonchev–Trinajstić information content (AvgIpc) is 3.17. The number of para-hydroxylation sites is 1. The second kappa shape index (κ2) is 6.44. The Labute approximate surface area is 137 Å². The van der Waals surface area contributed by atoms with Crippen LogP contribution in [-0.2, 0) is 0 Å². The van der Waals surface area contributed by atoms with Gasteiger partial charge in [0, 0.05) is 16.8 Å². The molecule has 0 saturated heterocycles. The lowest BCUT2D eigenvalue weighted by Crippen LogP contribution is -2.27. The van der Waals surface area contributed by atoms with Crippen LogP contribution < -0.4 is 10.1 Å². The molecule has 0 bridgehead atoms. The lowest BCUT2D eigenvalue weighted by atomic mass is 10.2. The Bertz CT molecular complexity index is 836. The Kier molecular flexibility index (Phi) is 4.36. The van der Waals surface area contributed by atoms with Crippen molar-refractivity contribution in [3.63, 3.8) is 0 Å². The number of furan rings is 1. The van der Waals surface area contributed by atoms with Gasteiger partial charge in [0.2, 0.25) is 0 Å². The molecule has 0 saturated carbocycles.